The number of H-pyrrole nitrogens is 2. The van der Waals surface area contributed by atoms with Crippen molar-refractivity contribution in [2.45, 2.75) is 134 Å². The molecule has 2 bridgehead atoms. The fourth-order valence-electron chi connectivity index (χ4n) is 9.59. The molecular weight excluding hydrogens is 803 g/mol. The Bertz CT molecular complexity index is 2360. The van der Waals surface area contributed by atoms with Gasteiger partial charge < -0.3 is 44.0 Å². The zero-order chi connectivity index (χ0) is 43.2. The highest BCUT2D eigenvalue weighted by atomic mass is 16.6. The van der Waals surface area contributed by atoms with Crippen molar-refractivity contribution in [2.24, 2.45) is 11.8 Å². The summed E-state index contributed by atoms with van der Waals surface area (Å²) >= 11 is 0. The number of benzene rings is 2. The van der Waals surface area contributed by atoms with Crippen molar-refractivity contribution >= 4 is 23.9 Å². The number of ether oxygens (including phenoxy) is 4. The number of carbonyl (C=O) groups is 4. The van der Waals surface area contributed by atoms with Crippen LogP contribution in [0.15, 0.2) is 42.5 Å². The summed E-state index contributed by atoms with van der Waals surface area (Å²) in [6.07, 6.45) is 8.62. The molecule has 15 heteroatoms. The molecule has 3 N–H and O–H groups in total. The monoisotopic (exact) mass is 859 g/mol. The average molecular weight is 860 g/mol. The number of rotatable bonds is 10. The molecule has 6 aliphatic rings. The first-order chi connectivity index (χ1) is 30.7. The maximum atomic E-state index is 14.0. The van der Waals surface area contributed by atoms with Gasteiger partial charge in [-0.1, -0.05) is 50.6 Å². The third kappa shape index (κ3) is 8.81. The Morgan fingerprint density at radius 2 is 1.46 bits per heavy atom. The Hall–Kier alpha value is -5.70. The van der Waals surface area contributed by atoms with Crippen LogP contribution in [-0.2, 0) is 41.8 Å². The number of hydrogen-bond donors (Lipinski definition) is 3. The molecule has 10 rings (SSSR count). The van der Waals surface area contributed by atoms with Crippen LogP contribution in [0.4, 0.5) is 4.79 Å². The lowest BCUT2D eigenvalue weighted by molar-refractivity contribution is -0.150. The lowest BCUT2D eigenvalue weighted by atomic mass is 9.96. The molecule has 6 heterocycles. The van der Waals surface area contributed by atoms with E-state index in [1.165, 1.54) is 0 Å². The number of nitrogens with zero attached hydrogens (tertiary/aromatic N) is 4. The van der Waals surface area contributed by atoms with E-state index in [0.29, 0.717) is 39.3 Å². The standard InChI is InChI=1S/C48H57N7O8/c1-27(2)41(53-48(59)63-33-17-18-33)47(58)55-21-6-9-38(55)45-50-36-26-61-39-23-30(14-19-34(39)43(36)52-45)28-10-12-29(13-11-28)42-35-25-60-22-4-3-7-31(24-40(56)62-32-15-16-32)46(57)54-20-5-8-37(54)44(49-35)51-42/h10-14,19,23,27,31-33,37-38,41H,3-9,15-18,20-22,24-26H2,1-2H3,(H,49,51)(H,50,52)(H,53,59)/t31-,37+,38+,41+/m1/s1. The van der Waals surface area contributed by atoms with Gasteiger partial charge in [-0.25, -0.2) is 14.8 Å². The van der Waals surface area contributed by atoms with Crippen LogP contribution >= 0.6 is 0 Å². The highest BCUT2D eigenvalue weighted by molar-refractivity contribution is 5.87. The fraction of sp³-hybridized carbons (Fsp3) is 0.542. The predicted octanol–water partition coefficient (Wildman–Crippen LogP) is 7.68. The minimum atomic E-state index is -0.690. The zero-order valence-corrected chi connectivity index (χ0v) is 36.2. The van der Waals surface area contributed by atoms with Gasteiger partial charge in [0.05, 0.1) is 47.9 Å². The van der Waals surface area contributed by atoms with Crippen LogP contribution in [0, 0.1) is 11.8 Å². The fourth-order valence-corrected chi connectivity index (χ4v) is 9.59. The maximum Gasteiger partial charge on any atom is 0.408 e. The van der Waals surface area contributed by atoms with Crippen LogP contribution in [-0.4, -0.2) is 91.6 Å². The lowest BCUT2D eigenvalue weighted by Crippen LogP contribution is -2.51. The van der Waals surface area contributed by atoms with Gasteiger partial charge in [0, 0.05) is 36.7 Å². The summed E-state index contributed by atoms with van der Waals surface area (Å²) in [5.74, 6) is 1.30. The van der Waals surface area contributed by atoms with Gasteiger partial charge >= 0.3 is 12.1 Å². The van der Waals surface area contributed by atoms with Crippen LogP contribution in [0.25, 0.3) is 33.6 Å². The Balaban J connectivity index is 0.847. The second kappa shape index (κ2) is 17.5. The highest BCUT2D eigenvalue weighted by Gasteiger charge is 2.40. The van der Waals surface area contributed by atoms with Crippen molar-refractivity contribution in [1.82, 2.24) is 35.1 Å². The number of carbonyl (C=O) groups excluding carboxylic acids is 4. The van der Waals surface area contributed by atoms with E-state index in [4.69, 9.17) is 28.9 Å². The first-order valence-electron chi connectivity index (χ1n) is 23.1. The highest BCUT2D eigenvalue weighted by Crippen LogP contribution is 2.42. The van der Waals surface area contributed by atoms with Crippen LogP contribution in [0.2, 0.25) is 0 Å². The summed E-state index contributed by atoms with van der Waals surface area (Å²) in [5, 5.41) is 2.83. The third-order valence-corrected chi connectivity index (χ3v) is 13.3. The first-order valence-corrected chi connectivity index (χ1v) is 23.1. The molecule has 3 amide bonds. The summed E-state index contributed by atoms with van der Waals surface area (Å²) in [5.41, 5.74) is 7.22. The van der Waals surface area contributed by atoms with Crippen LogP contribution in [0.3, 0.4) is 0 Å². The molecule has 4 atom stereocenters. The van der Waals surface area contributed by atoms with Crippen LogP contribution < -0.4 is 10.1 Å². The quantitative estimate of drug-likeness (QED) is 0.134. The van der Waals surface area contributed by atoms with Crippen molar-refractivity contribution in [3.8, 4) is 39.4 Å². The van der Waals surface area contributed by atoms with Gasteiger partial charge in [-0.3, -0.25) is 14.4 Å². The summed E-state index contributed by atoms with van der Waals surface area (Å²) in [7, 11) is 0. The number of fused-ring (bicyclic) bond motifs is 7. The van der Waals surface area contributed by atoms with E-state index in [1.807, 2.05) is 35.8 Å². The summed E-state index contributed by atoms with van der Waals surface area (Å²) in [6.45, 7) is 6.34. The molecule has 2 aromatic heterocycles. The average Bonchev–Trinajstić information content (AvgIpc) is 3.97. The van der Waals surface area contributed by atoms with E-state index in [0.717, 1.165) is 127 Å². The zero-order valence-electron chi connectivity index (χ0n) is 36.2. The molecule has 0 radical (unpaired) electrons. The molecule has 4 aliphatic heterocycles. The minimum Gasteiger partial charge on any atom is -0.487 e. The number of aromatic nitrogens is 4. The molecule has 63 heavy (non-hydrogen) atoms. The van der Waals surface area contributed by atoms with Crippen molar-refractivity contribution in [3.63, 3.8) is 0 Å². The van der Waals surface area contributed by atoms with Crippen LogP contribution in [0.5, 0.6) is 5.75 Å². The number of aromatic amines is 2. The number of alkyl carbamates (subject to hydrolysis) is 1. The normalized spacial score (nSPS) is 22.8. The SMILES string of the molecule is CC(C)[C@H](NC(=O)OC1CC1)C(=O)N1CCC[C@H]1c1nc2c([nH]1)COc1cc(-c3ccc(-c4nc5[nH]c4COCCCC[C@H](CC(=O)OC4CC4)C(=O)N4CCC[C@@H]54)cc3)ccc1-2. The largest absolute Gasteiger partial charge is 0.487 e. The number of imidazole rings is 2. The van der Waals surface area contributed by atoms with E-state index < -0.39 is 18.1 Å². The molecule has 0 unspecified atom stereocenters. The molecule has 4 aromatic rings. The van der Waals surface area contributed by atoms with Crippen molar-refractivity contribution in [3.05, 3.63) is 65.5 Å². The molecule has 332 valence electrons. The molecule has 2 saturated carbocycles. The van der Waals surface area contributed by atoms with Gasteiger partial charge in [-0.15, -0.1) is 0 Å². The number of nitrogens with one attached hydrogen (secondary N) is 3. The Morgan fingerprint density at radius 1 is 0.778 bits per heavy atom. The Labute approximate surface area is 367 Å². The summed E-state index contributed by atoms with van der Waals surface area (Å²) < 4.78 is 23.4. The number of amides is 3. The third-order valence-electron chi connectivity index (χ3n) is 13.3. The van der Waals surface area contributed by atoms with E-state index in [1.54, 1.807) is 0 Å². The molecule has 15 nitrogen and oxygen atoms in total. The molecule has 2 aromatic carbocycles. The molecule has 0 spiro atoms. The summed E-state index contributed by atoms with van der Waals surface area (Å²) in [4.78, 5) is 74.2. The smallest absolute Gasteiger partial charge is 0.408 e. The van der Waals surface area contributed by atoms with E-state index in [9.17, 15) is 19.2 Å². The van der Waals surface area contributed by atoms with E-state index in [-0.39, 0.29) is 54.4 Å². The molecular formula is C48H57N7O8. The van der Waals surface area contributed by atoms with Crippen molar-refractivity contribution < 1.29 is 38.1 Å². The van der Waals surface area contributed by atoms with Gasteiger partial charge in [-0.05, 0) is 93.4 Å². The number of likely N-dealkylation sites (tertiary alicyclic amines) is 1. The molecule has 2 saturated heterocycles. The second-order valence-electron chi connectivity index (χ2n) is 18.5. The van der Waals surface area contributed by atoms with Gasteiger partial charge in [0.25, 0.3) is 0 Å². The topological polar surface area (TPSA) is 181 Å². The number of esters is 1. The van der Waals surface area contributed by atoms with Crippen LogP contribution in [0.1, 0.15) is 126 Å². The Kier molecular flexibility index (Phi) is 11.5. The van der Waals surface area contributed by atoms with Gasteiger partial charge in [-0.2, -0.15) is 0 Å². The maximum absolute atomic E-state index is 14.0. The van der Waals surface area contributed by atoms with E-state index in [2.05, 4.69) is 45.6 Å². The lowest BCUT2D eigenvalue weighted by Gasteiger charge is -2.30. The van der Waals surface area contributed by atoms with Crippen molar-refractivity contribution in [2.75, 3.05) is 19.7 Å². The molecule has 2 aliphatic carbocycles. The summed E-state index contributed by atoms with van der Waals surface area (Å²) in [6, 6.07) is 13.4. The van der Waals surface area contributed by atoms with E-state index >= 15 is 0 Å². The number of hydrogen-bond acceptors (Lipinski definition) is 10. The predicted molar refractivity (Wildman–Crippen MR) is 231 cm³/mol. The first kappa shape index (κ1) is 41.3. The van der Waals surface area contributed by atoms with Gasteiger partial charge in [0.15, 0.2) is 0 Å². The van der Waals surface area contributed by atoms with Gasteiger partial charge in [0.2, 0.25) is 11.8 Å². The Morgan fingerprint density at radius 3 is 2.24 bits per heavy atom. The molecule has 4 fully saturated rings. The minimum absolute atomic E-state index is 0.0116. The van der Waals surface area contributed by atoms with Gasteiger partial charge in [0.1, 0.15) is 42.3 Å². The second-order valence-corrected chi connectivity index (χ2v) is 18.5. The van der Waals surface area contributed by atoms with Crippen molar-refractivity contribution in [1.29, 1.82) is 0 Å².